The highest BCUT2D eigenvalue weighted by molar-refractivity contribution is 14.0. The summed E-state index contributed by atoms with van der Waals surface area (Å²) in [6.45, 7) is 5.46. The van der Waals surface area contributed by atoms with E-state index in [9.17, 15) is 0 Å². The van der Waals surface area contributed by atoms with E-state index < -0.39 is 0 Å². The van der Waals surface area contributed by atoms with Gasteiger partial charge in [0, 0.05) is 37.7 Å². The number of benzene rings is 1. The third-order valence-electron chi connectivity index (χ3n) is 4.20. The second-order valence-corrected chi connectivity index (χ2v) is 5.89. The van der Waals surface area contributed by atoms with E-state index in [1.165, 1.54) is 17.0 Å². The molecule has 0 unspecified atom stereocenters. The molecule has 6 heteroatoms. The Morgan fingerprint density at radius 1 is 1.31 bits per heavy atom. The lowest BCUT2D eigenvalue weighted by molar-refractivity contribution is 0.414. The molecule has 0 aliphatic heterocycles. The number of rotatable bonds is 5. The number of nitrogens with zero attached hydrogens (tertiary/aromatic N) is 3. The molecule has 0 spiro atoms. The van der Waals surface area contributed by atoms with Crippen molar-refractivity contribution < 1.29 is 4.74 Å². The zero-order chi connectivity index (χ0) is 18.4. The molecule has 0 atom stereocenters. The maximum absolute atomic E-state index is 5.32. The van der Waals surface area contributed by atoms with E-state index in [-0.39, 0.29) is 24.0 Å². The van der Waals surface area contributed by atoms with Crippen LogP contribution in [0, 0.1) is 26.2 Å². The van der Waals surface area contributed by atoms with Crippen LogP contribution in [-0.2, 0) is 6.54 Å². The predicted molar refractivity (Wildman–Crippen MR) is 119 cm³/mol. The van der Waals surface area contributed by atoms with Crippen LogP contribution < -0.4 is 10.1 Å². The van der Waals surface area contributed by atoms with E-state index in [1.54, 1.807) is 14.2 Å². The van der Waals surface area contributed by atoms with Crippen LogP contribution in [0.4, 0.5) is 0 Å². The highest BCUT2D eigenvalue weighted by atomic mass is 127. The number of aromatic nitrogens is 1. The quantitative estimate of drug-likeness (QED) is 0.318. The summed E-state index contributed by atoms with van der Waals surface area (Å²) in [5.74, 6) is 4.21. The first-order chi connectivity index (χ1) is 12.0. The van der Waals surface area contributed by atoms with Gasteiger partial charge >= 0.3 is 0 Å². The van der Waals surface area contributed by atoms with Crippen molar-refractivity contribution in [1.82, 2.24) is 14.8 Å². The lowest BCUT2D eigenvalue weighted by atomic mass is 10.2. The number of aliphatic imine (C=N–C) groups is 1. The normalized spacial score (nSPS) is 10.7. The molecule has 140 valence electrons. The summed E-state index contributed by atoms with van der Waals surface area (Å²) in [5, 5.41) is 3.14. The maximum atomic E-state index is 5.32. The highest BCUT2D eigenvalue weighted by Crippen LogP contribution is 2.23. The van der Waals surface area contributed by atoms with E-state index in [0.717, 1.165) is 23.9 Å². The Bertz CT molecular complexity index is 787. The van der Waals surface area contributed by atoms with Crippen molar-refractivity contribution in [2.75, 3.05) is 27.7 Å². The van der Waals surface area contributed by atoms with E-state index >= 15 is 0 Å². The fourth-order valence-electron chi connectivity index (χ4n) is 2.96. The second-order valence-electron chi connectivity index (χ2n) is 5.89. The summed E-state index contributed by atoms with van der Waals surface area (Å²) >= 11 is 0. The van der Waals surface area contributed by atoms with Crippen molar-refractivity contribution in [2.24, 2.45) is 4.99 Å². The standard InChI is InChI=1S/C20H26N4O.HI/c1-7-12-22-20(21-4)23(5)14-17-13-15(2)24(16(17)3)18-8-10-19(25-6)11-9-18;/h1,8-11,13H,12,14H2,2-6H3,(H,21,22);1H. The minimum absolute atomic E-state index is 0. The average molecular weight is 466 g/mol. The molecule has 26 heavy (non-hydrogen) atoms. The van der Waals surface area contributed by atoms with Crippen molar-refractivity contribution in [3.8, 4) is 23.8 Å². The van der Waals surface area contributed by atoms with Crippen LogP contribution in [0.2, 0.25) is 0 Å². The number of hydrogen-bond acceptors (Lipinski definition) is 2. The van der Waals surface area contributed by atoms with Crippen LogP contribution in [-0.4, -0.2) is 43.2 Å². The number of halogens is 1. The van der Waals surface area contributed by atoms with Gasteiger partial charge in [-0.3, -0.25) is 4.99 Å². The number of aryl methyl sites for hydroxylation is 1. The predicted octanol–water partition coefficient (Wildman–Crippen LogP) is 3.36. The van der Waals surface area contributed by atoms with Gasteiger partial charge in [-0.2, -0.15) is 0 Å². The van der Waals surface area contributed by atoms with Crippen molar-refractivity contribution in [2.45, 2.75) is 20.4 Å². The lowest BCUT2D eigenvalue weighted by Gasteiger charge is -2.21. The monoisotopic (exact) mass is 466 g/mol. The molecule has 0 aliphatic rings. The molecule has 0 radical (unpaired) electrons. The summed E-state index contributed by atoms with van der Waals surface area (Å²) in [7, 11) is 5.44. The first-order valence-electron chi connectivity index (χ1n) is 8.19. The second kappa shape index (κ2) is 10.1. The minimum Gasteiger partial charge on any atom is -0.497 e. The Morgan fingerprint density at radius 2 is 1.96 bits per heavy atom. The van der Waals surface area contributed by atoms with Gasteiger partial charge in [0.15, 0.2) is 5.96 Å². The third kappa shape index (κ3) is 4.94. The van der Waals surface area contributed by atoms with E-state index in [4.69, 9.17) is 11.2 Å². The fourth-order valence-corrected chi connectivity index (χ4v) is 2.96. The zero-order valence-corrected chi connectivity index (χ0v) is 18.4. The molecule has 0 saturated heterocycles. The summed E-state index contributed by atoms with van der Waals surface area (Å²) < 4.78 is 7.49. The van der Waals surface area contributed by atoms with Gasteiger partial charge in [-0.05, 0) is 49.7 Å². The summed E-state index contributed by atoms with van der Waals surface area (Å²) in [4.78, 5) is 6.34. The van der Waals surface area contributed by atoms with Gasteiger partial charge in [-0.15, -0.1) is 30.4 Å². The number of methoxy groups -OCH3 is 1. The molecule has 0 aliphatic carbocycles. The lowest BCUT2D eigenvalue weighted by Crippen LogP contribution is -2.38. The number of ether oxygens (including phenoxy) is 1. The van der Waals surface area contributed by atoms with Crippen LogP contribution in [0.25, 0.3) is 5.69 Å². The highest BCUT2D eigenvalue weighted by Gasteiger charge is 2.14. The van der Waals surface area contributed by atoms with Crippen molar-refractivity contribution in [3.05, 3.63) is 47.3 Å². The van der Waals surface area contributed by atoms with Crippen LogP contribution in [0.3, 0.4) is 0 Å². The molecule has 2 aromatic rings. The molecule has 1 heterocycles. The zero-order valence-electron chi connectivity index (χ0n) is 16.0. The Balaban J connectivity index is 0.00000338. The SMILES string of the molecule is C#CCNC(=NC)N(C)Cc1cc(C)n(-c2ccc(OC)cc2)c1C.I. The summed E-state index contributed by atoms with van der Waals surface area (Å²) in [6, 6.07) is 10.3. The average Bonchev–Trinajstić information content (AvgIpc) is 2.89. The fraction of sp³-hybridized carbons (Fsp3) is 0.350. The van der Waals surface area contributed by atoms with Gasteiger partial charge < -0.3 is 19.5 Å². The molecule has 0 fully saturated rings. The molecular weight excluding hydrogens is 439 g/mol. The van der Waals surface area contributed by atoms with Crippen LogP contribution in [0.5, 0.6) is 5.75 Å². The van der Waals surface area contributed by atoms with Gasteiger partial charge in [-0.1, -0.05) is 5.92 Å². The molecule has 0 amide bonds. The Hall–Kier alpha value is -2.14. The number of hydrogen-bond donors (Lipinski definition) is 1. The van der Waals surface area contributed by atoms with Gasteiger partial charge in [0.25, 0.3) is 0 Å². The number of nitrogens with one attached hydrogen (secondary N) is 1. The van der Waals surface area contributed by atoms with E-state index in [1.807, 2.05) is 19.2 Å². The molecule has 1 N–H and O–H groups in total. The molecule has 0 saturated carbocycles. The van der Waals surface area contributed by atoms with Gasteiger partial charge in [-0.25, -0.2) is 0 Å². The third-order valence-corrected chi connectivity index (χ3v) is 4.20. The first kappa shape index (κ1) is 21.9. The van der Waals surface area contributed by atoms with Crippen molar-refractivity contribution in [3.63, 3.8) is 0 Å². The van der Waals surface area contributed by atoms with E-state index in [2.05, 4.69) is 57.7 Å². The topological polar surface area (TPSA) is 41.8 Å². The van der Waals surface area contributed by atoms with Gasteiger partial charge in [0.05, 0.1) is 13.7 Å². The molecular formula is C20H27IN4O. The van der Waals surface area contributed by atoms with Crippen molar-refractivity contribution >= 4 is 29.9 Å². The van der Waals surface area contributed by atoms with Crippen LogP contribution in [0.1, 0.15) is 17.0 Å². The number of guanidine groups is 1. The van der Waals surface area contributed by atoms with Crippen molar-refractivity contribution in [1.29, 1.82) is 0 Å². The smallest absolute Gasteiger partial charge is 0.194 e. The summed E-state index contributed by atoms with van der Waals surface area (Å²) in [5.41, 5.74) is 4.78. The van der Waals surface area contributed by atoms with Crippen LogP contribution >= 0.6 is 24.0 Å². The molecule has 5 nitrogen and oxygen atoms in total. The van der Waals surface area contributed by atoms with Gasteiger partial charge in [0.2, 0.25) is 0 Å². The molecule has 2 rings (SSSR count). The Labute approximate surface area is 173 Å². The van der Waals surface area contributed by atoms with Gasteiger partial charge in [0.1, 0.15) is 5.75 Å². The maximum Gasteiger partial charge on any atom is 0.194 e. The molecule has 0 bridgehead atoms. The van der Waals surface area contributed by atoms with E-state index in [0.29, 0.717) is 6.54 Å². The first-order valence-corrected chi connectivity index (χ1v) is 8.19. The minimum atomic E-state index is 0. The number of terminal acetylenes is 1. The van der Waals surface area contributed by atoms with Crippen LogP contribution in [0.15, 0.2) is 35.3 Å². The molecule has 1 aromatic heterocycles. The largest absolute Gasteiger partial charge is 0.497 e. The Kier molecular flexibility index (Phi) is 8.52. The summed E-state index contributed by atoms with van der Waals surface area (Å²) in [6.07, 6.45) is 5.32. The molecule has 1 aromatic carbocycles. The Morgan fingerprint density at radius 3 is 2.50 bits per heavy atom.